The van der Waals surface area contributed by atoms with Crippen LogP contribution in [0, 0.1) is 0 Å². The van der Waals surface area contributed by atoms with E-state index in [2.05, 4.69) is 5.32 Å². The van der Waals surface area contributed by atoms with Crippen LogP contribution in [0.1, 0.15) is 33.3 Å². The van der Waals surface area contributed by atoms with Crippen molar-refractivity contribution in [2.75, 3.05) is 13.6 Å². The second-order valence-corrected chi connectivity index (χ2v) is 5.48. The molecule has 0 aliphatic heterocycles. The fourth-order valence-electron chi connectivity index (χ4n) is 1.72. The molecule has 0 fully saturated rings. The Hall–Kier alpha value is -0.930. The maximum atomic E-state index is 6.29. The van der Waals surface area contributed by atoms with Crippen LogP contribution < -0.4 is 14.8 Å². The van der Waals surface area contributed by atoms with E-state index >= 15 is 0 Å². The monoisotopic (exact) mass is 285 g/mol. The highest BCUT2D eigenvalue weighted by molar-refractivity contribution is 6.31. The van der Waals surface area contributed by atoms with Gasteiger partial charge in [-0.15, -0.1) is 0 Å². The first-order valence-corrected chi connectivity index (χ1v) is 7.12. The molecular weight excluding hydrogens is 262 g/mol. The molecule has 1 aromatic carbocycles. The lowest BCUT2D eigenvalue weighted by molar-refractivity contribution is 0.198. The minimum absolute atomic E-state index is 0.0914. The lowest BCUT2D eigenvalue weighted by Gasteiger charge is -2.19. The molecule has 0 spiro atoms. The fraction of sp³-hybridized carbons (Fsp3) is 0.600. The van der Waals surface area contributed by atoms with Crippen molar-refractivity contribution in [3.8, 4) is 11.5 Å². The Kier molecular flexibility index (Phi) is 6.46. The van der Waals surface area contributed by atoms with E-state index in [1.54, 1.807) is 0 Å². The molecule has 0 unspecified atom stereocenters. The molecule has 1 aromatic rings. The average molecular weight is 286 g/mol. The summed E-state index contributed by atoms with van der Waals surface area (Å²) >= 11 is 6.29. The second-order valence-electron chi connectivity index (χ2n) is 5.08. The van der Waals surface area contributed by atoms with Gasteiger partial charge >= 0.3 is 0 Å². The molecule has 0 aliphatic carbocycles. The van der Waals surface area contributed by atoms with E-state index in [1.165, 1.54) is 0 Å². The molecule has 0 aliphatic rings. The third kappa shape index (κ3) is 5.29. The Labute approximate surface area is 121 Å². The van der Waals surface area contributed by atoms with Crippen LogP contribution in [0.15, 0.2) is 12.1 Å². The lowest BCUT2D eigenvalue weighted by atomic mass is 10.1. The summed E-state index contributed by atoms with van der Waals surface area (Å²) in [6.45, 7) is 8.86. The topological polar surface area (TPSA) is 30.5 Å². The van der Waals surface area contributed by atoms with Crippen molar-refractivity contribution in [2.45, 2.75) is 46.3 Å². The summed E-state index contributed by atoms with van der Waals surface area (Å²) < 4.78 is 11.6. The van der Waals surface area contributed by atoms with Gasteiger partial charge in [-0.2, -0.15) is 0 Å². The number of benzene rings is 1. The molecule has 0 bridgehead atoms. The molecule has 108 valence electrons. The highest BCUT2D eigenvalue weighted by Crippen LogP contribution is 2.35. The van der Waals surface area contributed by atoms with Crippen LogP contribution in [-0.2, 0) is 6.42 Å². The van der Waals surface area contributed by atoms with Crippen molar-refractivity contribution in [3.05, 3.63) is 22.7 Å². The van der Waals surface area contributed by atoms with E-state index in [-0.39, 0.29) is 12.2 Å². The van der Waals surface area contributed by atoms with Gasteiger partial charge in [0.1, 0.15) is 0 Å². The van der Waals surface area contributed by atoms with Crippen molar-refractivity contribution < 1.29 is 9.47 Å². The van der Waals surface area contributed by atoms with Gasteiger partial charge in [0, 0.05) is 11.1 Å². The summed E-state index contributed by atoms with van der Waals surface area (Å²) in [4.78, 5) is 0. The van der Waals surface area contributed by atoms with Crippen molar-refractivity contribution in [1.29, 1.82) is 0 Å². The van der Waals surface area contributed by atoms with Gasteiger partial charge in [-0.05, 0) is 59.3 Å². The van der Waals surface area contributed by atoms with E-state index in [4.69, 9.17) is 21.1 Å². The minimum atomic E-state index is 0.0914. The SMILES string of the molecule is CNCCc1cc(OC(C)C)c(OC(C)C)cc1Cl. The summed E-state index contributed by atoms with van der Waals surface area (Å²) in [5, 5.41) is 3.84. The number of ether oxygens (including phenoxy) is 2. The van der Waals surface area contributed by atoms with Gasteiger partial charge in [-0.3, -0.25) is 0 Å². The van der Waals surface area contributed by atoms with Crippen LogP contribution in [0.4, 0.5) is 0 Å². The second kappa shape index (κ2) is 7.61. The van der Waals surface area contributed by atoms with Crippen molar-refractivity contribution in [3.63, 3.8) is 0 Å². The van der Waals surface area contributed by atoms with E-state index in [0.29, 0.717) is 5.75 Å². The molecule has 1 rings (SSSR count). The predicted molar refractivity (Wildman–Crippen MR) is 80.6 cm³/mol. The highest BCUT2D eigenvalue weighted by atomic mass is 35.5. The van der Waals surface area contributed by atoms with E-state index < -0.39 is 0 Å². The standard InChI is InChI=1S/C15H24ClNO2/c1-10(2)18-14-8-12(6-7-17-5)13(16)9-15(14)19-11(3)4/h8-11,17H,6-7H2,1-5H3. The van der Waals surface area contributed by atoms with Crippen LogP contribution >= 0.6 is 11.6 Å². The average Bonchev–Trinajstić information content (AvgIpc) is 2.29. The molecule has 0 saturated heterocycles. The fourth-order valence-corrected chi connectivity index (χ4v) is 1.97. The molecule has 4 heteroatoms. The van der Waals surface area contributed by atoms with E-state index in [0.717, 1.165) is 29.3 Å². The van der Waals surface area contributed by atoms with E-state index in [1.807, 2.05) is 46.9 Å². The Morgan fingerprint density at radius 2 is 1.58 bits per heavy atom. The number of likely N-dealkylation sites (N-methyl/N-ethyl adjacent to an activating group) is 1. The number of rotatable bonds is 7. The zero-order chi connectivity index (χ0) is 14.4. The zero-order valence-electron chi connectivity index (χ0n) is 12.4. The predicted octanol–water partition coefficient (Wildman–Crippen LogP) is 3.68. The van der Waals surface area contributed by atoms with Crippen LogP contribution in [-0.4, -0.2) is 25.8 Å². The molecule has 19 heavy (non-hydrogen) atoms. The summed E-state index contributed by atoms with van der Waals surface area (Å²) in [6.07, 6.45) is 1.06. The zero-order valence-corrected chi connectivity index (χ0v) is 13.2. The third-order valence-corrected chi connectivity index (χ3v) is 2.83. The van der Waals surface area contributed by atoms with Gasteiger partial charge < -0.3 is 14.8 Å². The molecule has 0 heterocycles. The first-order valence-electron chi connectivity index (χ1n) is 6.74. The summed E-state index contributed by atoms with van der Waals surface area (Å²) in [7, 11) is 1.93. The van der Waals surface area contributed by atoms with Crippen LogP contribution in [0.3, 0.4) is 0 Å². The number of nitrogens with one attached hydrogen (secondary N) is 1. The van der Waals surface area contributed by atoms with E-state index in [9.17, 15) is 0 Å². The van der Waals surface area contributed by atoms with Crippen molar-refractivity contribution >= 4 is 11.6 Å². The molecule has 0 amide bonds. The number of hydrogen-bond donors (Lipinski definition) is 1. The molecule has 0 atom stereocenters. The maximum Gasteiger partial charge on any atom is 0.163 e. The Balaban J connectivity index is 3.05. The Morgan fingerprint density at radius 3 is 2.05 bits per heavy atom. The highest BCUT2D eigenvalue weighted by Gasteiger charge is 2.13. The molecule has 0 aromatic heterocycles. The smallest absolute Gasteiger partial charge is 0.163 e. The molecule has 0 saturated carbocycles. The van der Waals surface area contributed by atoms with Gasteiger partial charge in [-0.1, -0.05) is 11.6 Å². The van der Waals surface area contributed by atoms with Crippen molar-refractivity contribution in [2.24, 2.45) is 0 Å². The van der Waals surface area contributed by atoms with Crippen LogP contribution in [0.2, 0.25) is 5.02 Å². The molecule has 1 N–H and O–H groups in total. The van der Waals surface area contributed by atoms with Crippen LogP contribution in [0.5, 0.6) is 11.5 Å². The normalized spacial score (nSPS) is 11.2. The molecular formula is C15H24ClNO2. The van der Waals surface area contributed by atoms with Gasteiger partial charge in [0.05, 0.1) is 12.2 Å². The molecule has 0 radical (unpaired) electrons. The van der Waals surface area contributed by atoms with Gasteiger partial charge in [0.25, 0.3) is 0 Å². The molecule has 3 nitrogen and oxygen atoms in total. The summed E-state index contributed by atoms with van der Waals surface area (Å²) in [6, 6.07) is 3.83. The van der Waals surface area contributed by atoms with Gasteiger partial charge in [-0.25, -0.2) is 0 Å². The lowest BCUT2D eigenvalue weighted by Crippen LogP contribution is -2.13. The first-order chi connectivity index (χ1) is 8.93. The van der Waals surface area contributed by atoms with Gasteiger partial charge in [0.2, 0.25) is 0 Å². The Bertz CT molecular complexity index is 405. The first kappa shape index (κ1) is 16.1. The largest absolute Gasteiger partial charge is 0.487 e. The maximum absolute atomic E-state index is 6.29. The summed E-state index contributed by atoms with van der Waals surface area (Å²) in [5.41, 5.74) is 1.07. The number of hydrogen-bond acceptors (Lipinski definition) is 3. The van der Waals surface area contributed by atoms with Gasteiger partial charge in [0.15, 0.2) is 11.5 Å². The van der Waals surface area contributed by atoms with Crippen LogP contribution in [0.25, 0.3) is 0 Å². The Morgan fingerprint density at radius 1 is 1.05 bits per heavy atom. The third-order valence-electron chi connectivity index (χ3n) is 2.48. The quantitative estimate of drug-likeness (QED) is 0.829. The minimum Gasteiger partial charge on any atom is -0.487 e. The summed E-state index contributed by atoms with van der Waals surface area (Å²) in [5.74, 6) is 1.47. The number of halogens is 1. The van der Waals surface area contributed by atoms with Crippen molar-refractivity contribution in [1.82, 2.24) is 5.32 Å².